The standard InChI is InChI=1S/C18H22N2O5/c1-3-19(15-7-5-4-6-8-15)17(21)12-25-18(22)14-9-10-16(20(23)24)13(2)11-14/h7,9-11H,3-6,8,12H2,1-2H3. The molecule has 7 heteroatoms. The van der Waals surface area contributed by atoms with Gasteiger partial charge in [0.05, 0.1) is 10.5 Å². The van der Waals surface area contributed by atoms with Crippen LogP contribution in [-0.4, -0.2) is 34.9 Å². The lowest BCUT2D eigenvalue weighted by molar-refractivity contribution is -0.385. The van der Waals surface area contributed by atoms with Gasteiger partial charge in [0.15, 0.2) is 6.61 Å². The van der Waals surface area contributed by atoms with Crippen LogP contribution in [0.2, 0.25) is 0 Å². The largest absolute Gasteiger partial charge is 0.452 e. The smallest absolute Gasteiger partial charge is 0.338 e. The zero-order valence-corrected chi connectivity index (χ0v) is 14.5. The maximum atomic E-state index is 12.3. The molecule has 25 heavy (non-hydrogen) atoms. The van der Waals surface area contributed by atoms with Crippen LogP contribution < -0.4 is 0 Å². The van der Waals surface area contributed by atoms with Gasteiger partial charge in [-0.2, -0.15) is 0 Å². The molecule has 1 amide bonds. The number of nitro benzene ring substituents is 1. The summed E-state index contributed by atoms with van der Waals surface area (Å²) in [5, 5.41) is 10.8. The fourth-order valence-electron chi connectivity index (χ4n) is 2.88. The van der Waals surface area contributed by atoms with Gasteiger partial charge in [-0.3, -0.25) is 14.9 Å². The van der Waals surface area contributed by atoms with Crippen LogP contribution in [-0.2, 0) is 9.53 Å². The quantitative estimate of drug-likeness (QED) is 0.447. The van der Waals surface area contributed by atoms with Gasteiger partial charge in [0.1, 0.15) is 0 Å². The molecule has 0 saturated heterocycles. The summed E-state index contributed by atoms with van der Waals surface area (Å²) in [6.45, 7) is 3.61. The predicted octanol–water partition coefficient (Wildman–Crippen LogP) is 3.37. The van der Waals surface area contributed by atoms with E-state index in [0.29, 0.717) is 12.1 Å². The molecule has 0 atom stereocenters. The van der Waals surface area contributed by atoms with Gasteiger partial charge in [-0.05, 0) is 51.7 Å². The highest BCUT2D eigenvalue weighted by molar-refractivity contribution is 5.92. The molecule has 0 spiro atoms. The topological polar surface area (TPSA) is 89.8 Å². The van der Waals surface area contributed by atoms with Gasteiger partial charge in [-0.1, -0.05) is 6.08 Å². The molecule has 0 N–H and O–H groups in total. The van der Waals surface area contributed by atoms with Crippen molar-refractivity contribution in [3.8, 4) is 0 Å². The molecule has 2 rings (SSSR count). The minimum atomic E-state index is -0.667. The molecule has 1 aromatic carbocycles. The molecule has 1 aromatic rings. The fourth-order valence-corrected chi connectivity index (χ4v) is 2.88. The van der Waals surface area contributed by atoms with Gasteiger partial charge in [0.2, 0.25) is 0 Å². The number of nitro groups is 1. The first kappa shape index (κ1) is 18.6. The van der Waals surface area contributed by atoms with Crippen molar-refractivity contribution in [2.75, 3.05) is 13.2 Å². The molecule has 134 valence electrons. The molecule has 1 aliphatic rings. The Balaban J connectivity index is 1.98. The number of esters is 1. The van der Waals surface area contributed by atoms with Crippen LogP contribution in [0.25, 0.3) is 0 Å². The predicted molar refractivity (Wildman–Crippen MR) is 92.1 cm³/mol. The Bertz CT molecular complexity index is 711. The van der Waals surface area contributed by atoms with Crippen LogP contribution in [0, 0.1) is 17.0 Å². The Kier molecular flexibility index (Phi) is 6.27. The van der Waals surface area contributed by atoms with Crippen molar-refractivity contribution in [3.05, 3.63) is 51.2 Å². The van der Waals surface area contributed by atoms with E-state index in [4.69, 9.17) is 4.74 Å². The zero-order valence-electron chi connectivity index (χ0n) is 14.5. The molecule has 0 aromatic heterocycles. The van der Waals surface area contributed by atoms with Crippen molar-refractivity contribution in [2.24, 2.45) is 0 Å². The Labute approximate surface area is 146 Å². The second-order valence-electron chi connectivity index (χ2n) is 5.91. The highest BCUT2D eigenvalue weighted by atomic mass is 16.6. The van der Waals surface area contributed by atoms with Crippen molar-refractivity contribution in [1.29, 1.82) is 0 Å². The van der Waals surface area contributed by atoms with Gasteiger partial charge in [-0.25, -0.2) is 4.79 Å². The summed E-state index contributed by atoms with van der Waals surface area (Å²) in [6.07, 6.45) is 6.06. The number of rotatable bonds is 6. The number of nitrogens with zero attached hydrogens (tertiary/aromatic N) is 2. The number of aryl methyl sites for hydroxylation is 1. The third-order valence-corrected chi connectivity index (χ3v) is 4.19. The average molecular weight is 346 g/mol. The lowest BCUT2D eigenvalue weighted by Gasteiger charge is -2.26. The highest BCUT2D eigenvalue weighted by Crippen LogP contribution is 2.21. The average Bonchev–Trinajstić information content (AvgIpc) is 2.60. The van der Waals surface area contributed by atoms with E-state index in [1.807, 2.05) is 6.92 Å². The van der Waals surface area contributed by atoms with Crippen molar-refractivity contribution in [3.63, 3.8) is 0 Å². The van der Waals surface area contributed by atoms with E-state index in [9.17, 15) is 19.7 Å². The maximum Gasteiger partial charge on any atom is 0.338 e. The van der Waals surface area contributed by atoms with Gasteiger partial charge < -0.3 is 9.64 Å². The van der Waals surface area contributed by atoms with E-state index in [-0.39, 0.29) is 23.8 Å². The van der Waals surface area contributed by atoms with E-state index < -0.39 is 10.9 Å². The van der Waals surface area contributed by atoms with E-state index in [0.717, 1.165) is 31.4 Å². The van der Waals surface area contributed by atoms with Crippen LogP contribution >= 0.6 is 0 Å². The van der Waals surface area contributed by atoms with E-state index in [2.05, 4.69) is 6.08 Å². The molecule has 0 unspecified atom stereocenters. The van der Waals surface area contributed by atoms with Crippen molar-refractivity contribution in [2.45, 2.75) is 39.5 Å². The Hall–Kier alpha value is -2.70. The lowest BCUT2D eigenvalue weighted by Crippen LogP contribution is -2.34. The number of carbonyl (C=O) groups excluding carboxylic acids is 2. The summed E-state index contributed by atoms with van der Waals surface area (Å²) < 4.78 is 5.09. The molecule has 1 aliphatic carbocycles. The Morgan fingerprint density at radius 2 is 2.08 bits per heavy atom. The molecule has 0 saturated carbocycles. The zero-order chi connectivity index (χ0) is 18.4. The Morgan fingerprint density at radius 1 is 1.32 bits per heavy atom. The molecule has 0 fully saturated rings. The third kappa shape index (κ3) is 4.65. The van der Waals surface area contributed by atoms with Gasteiger partial charge in [0.25, 0.3) is 11.6 Å². The second-order valence-corrected chi connectivity index (χ2v) is 5.91. The SMILES string of the molecule is CCN(C(=O)COC(=O)c1ccc([N+](=O)[O-])c(C)c1)C1=CCCCC1. The minimum absolute atomic E-state index is 0.0611. The van der Waals surface area contributed by atoms with Crippen molar-refractivity contribution < 1.29 is 19.2 Å². The fraction of sp³-hybridized carbons (Fsp3) is 0.444. The number of hydrogen-bond donors (Lipinski definition) is 0. The van der Waals surface area contributed by atoms with Crippen molar-refractivity contribution in [1.82, 2.24) is 4.90 Å². The molecule has 0 radical (unpaired) electrons. The van der Waals surface area contributed by atoms with E-state index in [1.165, 1.54) is 18.2 Å². The Morgan fingerprint density at radius 3 is 2.64 bits per heavy atom. The summed E-state index contributed by atoms with van der Waals surface area (Å²) >= 11 is 0. The first-order chi connectivity index (χ1) is 11.9. The van der Waals surface area contributed by atoms with Crippen LogP contribution in [0.4, 0.5) is 5.69 Å². The lowest BCUT2D eigenvalue weighted by atomic mass is 10.0. The molecule has 0 heterocycles. The molecular formula is C18H22N2O5. The normalized spacial score (nSPS) is 13.8. The number of ether oxygens (including phenoxy) is 1. The third-order valence-electron chi connectivity index (χ3n) is 4.19. The van der Waals surface area contributed by atoms with Gasteiger partial charge >= 0.3 is 5.97 Å². The van der Waals surface area contributed by atoms with Crippen LogP contribution in [0.3, 0.4) is 0 Å². The van der Waals surface area contributed by atoms with Crippen molar-refractivity contribution >= 4 is 17.6 Å². The number of carbonyl (C=O) groups is 2. The number of likely N-dealkylation sites (N-methyl/N-ethyl adjacent to an activating group) is 1. The summed E-state index contributed by atoms with van der Waals surface area (Å²) in [4.78, 5) is 36.4. The number of hydrogen-bond acceptors (Lipinski definition) is 5. The van der Waals surface area contributed by atoms with Crippen LogP contribution in [0.1, 0.15) is 48.5 Å². The summed E-state index contributed by atoms with van der Waals surface area (Å²) in [6, 6.07) is 3.99. The minimum Gasteiger partial charge on any atom is -0.452 e. The summed E-state index contributed by atoms with van der Waals surface area (Å²) in [7, 11) is 0. The molecule has 0 aliphatic heterocycles. The number of amides is 1. The molecular weight excluding hydrogens is 324 g/mol. The van der Waals surface area contributed by atoms with E-state index in [1.54, 1.807) is 11.8 Å². The number of benzene rings is 1. The number of allylic oxidation sites excluding steroid dienone is 2. The first-order valence-electron chi connectivity index (χ1n) is 8.35. The maximum absolute atomic E-state index is 12.3. The first-order valence-corrected chi connectivity index (χ1v) is 8.35. The van der Waals surface area contributed by atoms with Gasteiger partial charge in [0, 0.05) is 23.9 Å². The summed E-state index contributed by atoms with van der Waals surface area (Å²) in [5.74, 6) is -0.928. The summed E-state index contributed by atoms with van der Waals surface area (Å²) in [5.41, 5.74) is 1.49. The van der Waals surface area contributed by atoms with E-state index >= 15 is 0 Å². The van der Waals surface area contributed by atoms with Crippen LogP contribution in [0.5, 0.6) is 0 Å². The monoisotopic (exact) mass is 346 g/mol. The highest BCUT2D eigenvalue weighted by Gasteiger charge is 2.20. The van der Waals surface area contributed by atoms with Crippen LogP contribution in [0.15, 0.2) is 30.0 Å². The second kappa shape index (κ2) is 8.41. The van der Waals surface area contributed by atoms with Gasteiger partial charge in [-0.15, -0.1) is 0 Å². The molecule has 7 nitrogen and oxygen atoms in total. The molecule has 0 bridgehead atoms.